The van der Waals surface area contributed by atoms with E-state index in [1.54, 1.807) is 18.2 Å². The number of pyridine rings is 2. The summed E-state index contributed by atoms with van der Waals surface area (Å²) in [6.45, 7) is 4.59. The van der Waals surface area contributed by atoms with Gasteiger partial charge in [-0.25, -0.2) is 0 Å². The van der Waals surface area contributed by atoms with Crippen LogP contribution in [0.25, 0.3) is 44.0 Å². The second-order valence-electron chi connectivity index (χ2n) is 8.77. The molecule has 0 amide bonds. The zero-order valence-corrected chi connectivity index (χ0v) is 20.6. The van der Waals surface area contributed by atoms with E-state index in [1.807, 2.05) is 23.6 Å². The van der Waals surface area contributed by atoms with E-state index in [9.17, 15) is 22.4 Å². The summed E-state index contributed by atoms with van der Waals surface area (Å²) < 4.78 is 38.8. The van der Waals surface area contributed by atoms with Crippen LogP contribution in [0.1, 0.15) is 37.8 Å². The van der Waals surface area contributed by atoms with Gasteiger partial charge in [-0.05, 0) is 61.2 Å². The lowest BCUT2D eigenvalue weighted by atomic mass is 9.94. The van der Waals surface area contributed by atoms with Gasteiger partial charge in [0.25, 0.3) is 0 Å². The molecule has 2 aromatic carbocycles. The topological polar surface area (TPSA) is 109 Å². The highest BCUT2D eigenvalue weighted by Gasteiger charge is 2.20. The van der Waals surface area contributed by atoms with Crippen LogP contribution in [0.2, 0.25) is 0 Å². The Labute approximate surface area is 207 Å². The standard InChI is InChI=1S/C27H23FN4O3S/c1-3-5-6-17-11-22-24(12-21(17)18-10-19(15-30-14-18)36(28,34)35)32(4-2)27-25(26(22)33)20-8-7-16(13-29)9-23(20)31-27/h7-12,14-15,31H,3-6H2,1-2H3. The van der Waals surface area contributed by atoms with Gasteiger partial charge in [-0.15, -0.1) is 3.89 Å². The molecule has 36 heavy (non-hydrogen) atoms. The first-order valence-corrected chi connectivity index (χ1v) is 13.1. The Morgan fingerprint density at radius 3 is 2.61 bits per heavy atom. The molecule has 7 nitrogen and oxygen atoms in total. The molecule has 0 radical (unpaired) electrons. The molecule has 0 saturated heterocycles. The summed E-state index contributed by atoms with van der Waals surface area (Å²) in [4.78, 5) is 20.6. The number of aromatic nitrogens is 3. The van der Waals surface area contributed by atoms with Crippen LogP contribution >= 0.6 is 0 Å². The second-order valence-corrected chi connectivity index (χ2v) is 10.1. The molecule has 0 aliphatic rings. The summed E-state index contributed by atoms with van der Waals surface area (Å²) >= 11 is 0. The SMILES string of the molecule is CCCCc1cc2c(=O)c3c4ccc(C#N)cc4[nH]c3n(CC)c2cc1-c1cncc(S(=O)(=O)F)c1. The van der Waals surface area contributed by atoms with Crippen LogP contribution in [0.3, 0.4) is 0 Å². The fourth-order valence-electron chi connectivity index (χ4n) is 4.85. The van der Waals surface area contributed by atoms with Gasteiger partial charge in [-0.2, -0.15) is 13.7 Å². The average molecular weight is 503 g/mol. The maximum Gasteiger partial charge on any atom is 0.333 e. The number of nitrogens with one attached hydrogen (secondary N) is 1. The smallest absolute Gasteiger partial charge is 0.333 e. The Kier molecular flexibility index (Phi) is 5.85. The average Bonchev–Trinajstić information content (AvgIpc) is 3.25. The number of aromatic amines is 1. The van der Waals surface area contributed by atoms with E-state index < -0.39 is 15.1 Å². The van der Waals surface area contributed by atoms with Gasteiger partial charge in [-0.1, -0.05) is 19.4 Å². The number of hydrogen-bond acceptors (Lipinski definition) is 5. The molecule has 0 spiro atoms. The van der Waals surface area contributed by atoms with Gasteiger partial charge in [0, 0.05) is 40.8 Å². The van der Waals surface area contributed by atoms with Crippen molar-refractivity contribution in [2.45, 2.75) is 44.6 Å². The van der Waals surface area contributed by atoms with Crippen LogP contribution < -0.4 is 5.43 Å². The van der Waals surface area contributed by atoms with Crippen LogP contribution in [0, 0.1) is 11.3 Å². The quantitative estimate of drug-likeness (QED) is 0.305. The Bertz CT molecular complexity index is 1880. The molecule has 3 aromatic heterocycles. The predicted octanol–water partition coefficient (Wildman–Crippen LogP) is 5.59. The monoisotopic (exact) mass is 502 g/mol. The van der Waals surface area contributed by atoms with E-state index in [-0.39, 0.29) is 5.43 Å². The third-order valence-electron chi connectivity index (χ3n) is 6.58. The zero-order valence-electron chi connectivity index (χ0n) is 19.8. The molecule has 0 aliphatic carbocycles. The fourth-order valence-corrected chi connectivity index (χ4v) is 5.30. The number of unbranched alkanes of at least 4 members (excludes halogenated alkanes) is 1. The fraction of sp³-hybridized carbons (Fsp3) is 0.222. The van der Waals surface area contributed by atoms with Crippen molar-refractivity contribution >= 4 is 43.1 Å². The summed E-state index contributed by atoms with van der Waals surface area (Å²) in [5.41, 5.74) is 4.43. The molecule has 0 unspecified atom stereocenters. The van der Waals surface area contributed by atoms with E-state index in [0.717, 1.165) is 30.0 Å². The predicted molar refractivity (Wildman–Crippen MR) is 138 cm³/mol. The van der Waals surface area contributed by atoms with E-state index in [4.69, 9.17) is 0 Å². The molecular weight excluding hydrogens is 479 g/mol. The van der Waals surface area contributed by atoms with Crippen LogP contribution in [0.4, 0.5) is 3.89 Å². The number of hydrogen-bond donors (Lipinski definition) is 1. The summed E-state index contributed by atoms with van der Waals surface area (Å²) in [5.74, 6) is 0. The molecule has 1 N–H and O–H groups in total. The number of aryl methyl sites for hydroxylation is 2. The van der Waals surface area contributed by atoms with E-state index in [2.05, 4.69) is 23.0 Å². The van der Waals surface area contributed by atoms with Crippen LogP contribution in [-0.4, -0.2) is 23.0 Å². The first-order valence-electron chi connectivity index (χ1n) is 11.7. The van der Waals surface area contributed by atoms with Crippen molar-refractivity contribution in [1.82, 2.24) is 14.5 Å². The van der Waals surface area contributed by atoms with Crippen LogP contribution in [0.15, 0.2) is 58.5 Å². The number of nitriles is 1. The lowest BCUT2D eigenvalue weighted by molar-refractivity contribution is 0.551. The van der Waals surface area contributed by atoms with Crippen molar-refractivity contribution < 1.29 is 12.3 Å². The van der Waals surface area contributed by atoms with Crippen molar-refractivity contribution in [3.63, 3.8) is 0 Å². The Hall–Kier alpha value is -4.03. The molecule has 3 heterocycles. The highest BCUT2D eigenvalue weighted by molar-refractivity contribution is 7.86. The number of rotatable bonds is 6. The van der Waals surface area contributed by atoms with Crippen molar-refractivity contribution in [2.24, 2.45) is 0 Å². The molecule has 0 saturated carbocycles. The third kappa shape index (κ3) is 3.84. The third-order valence-corrected chi connectivity index (χ3v) is 7.37. The minimum atomic E-state index is -4.92. The van der Waals surface area contributed by atoms with E-state index >= 15 is 0 Å². The molecular formula is C27H23FN4O3S. The van der Waals surface area contributed by atoms with Gasteiger partial charge in [-0.3, -0.25) is 9.78 Å². The van der Waals surface area contributed by atoms with Crippen LogP contribution in [-0.2, 0) is 23.2 Å². The highest BCUT2D eigenvalue weighted by Crippen LogP contribution is 2.33. The molecule has 0 fully saturated rings. The second kappa shape index (κ2) is 8.88. The van der Waals surface area contributed by atoms with Gasteiger partial charge < -0.3 is 9.55 Å². The first-order chi connectivity index (χ1) is 17.3. The first kappa shape index (κ1) is 23.7. The number of fused-ring (bicyclic) bond motifs is 4. The summed E-state index contributed by atoms with van der Waals surface area (Å²) in [6.07, 6.45) is 4.94. The van der Waals surface area contributed by atoms with Crippen molar-refractivity contribution in [2.75, 3.05) is 0 Å². The summed E-state index contributed by atoms with van der Waals surface area (Å²) in [7, 11) is -4.92. The maximum absolute atomic E-state index is 13.8. The maximum atomic E-state index is 13.8. The van der Waals surface area contributed by atoms with Crippen LogP contribution in [0.5, 0.6) is 0 Å². The van der Waals surface area contributed by atoms with Gasteiger partial charge in [0.05, 0.1) is 22.5 Å². The van der Waals surface area contributed by atoms with Crippen molar-refractivity contribution in [3.8, 4) is 17.2 Å². The molecule has 5 aromatic rings. The van der Waals surface area contributed by atoms with Gasteiger partial charge >= 0.3 is 10.2 Å². The van der Waals surface area contributed by atoms with E-state index in [0.29, 0.717) is 57.1 Å². The minimum absolute atomic E-state index is 0.122. The molecule has 9 heteroatoms. The lowest BCUT2D eigenvalue weighted by Crippen LogP contribution is -2.11. The number of halogens is 1. The van der Waals surface area contributed by atoms with Gasteiger partial charge in [0.15, 0.2) is 5.43 Å². The summed E-state index contributed by atoms with van der Waals surface area (Å²) in [5, 5.41) is 11.2. The summed E-state index contributed by atoms with van der Waals surface area (Å²) in [6, 6.07) is 12.4. The number of H-pyrrole nitrogens is 1. The van der Waals surface area contributed by atoms with Gasteiger partial charge in [0.1, 0.15) is 10.5 Å². The number of benzene rings is 2. The molecule has 0 aliphatic heterocycles. The Balaban J connectivity index is 1.89. The minimum Gasteiger partial charge on any atom is -0.340 e. The molecule has 0 bridgehead atoms. The Morgan fingerprint density at radius 2 is 1.92 bits per heavy atom. The highest BCUT2D eigenvalue weighted by atomic mass is 32.3. The normalized spacial score (nSPS) is 11.9. The lowest BCUT2D eigenvalue weighted by Gasteiger charge is -2.16. The largest absolute Gasteiger partial charge is 0.340 e. The number of nitrogens with zero attached hydrogens (tertiary/aromatic N) is 3. The zero-order chi connectivity index (χ0) is 25.6. The molecule has 182 valence electrons. The Morgan fingerprint density at radius 1 is 1.11 bits per heavy atom. The van der Waals surface area contributed by atoms with Crippen molar-refractivity contribution in [3.05, 3.63) is 70.1 Å². The van der Waals surface area contributed by atoms with Gasteiger partial charge in [0.2, 0.25) is 0 Å². The molecule has 5 rings (SSSR count). The molecule has 0 atom stereocenters. The van der Waals surface area contributed by atoms with E-state index in [1.165, 1.54) is 12.3 Å². The van der Waals surface area contributed by atoms with Crippen molar-refractivity contribution in [1.29, 1.82) is 5.26 Å².